The van der Waals surface area contributed by atoms with Gasteiger partial charge < -0.3 is 0 Å². The molecule has 4 rings (SSSR count). The van der Waals surface area contributed by atoms with E-state index in [9.17, 15) is 0 Å². The Morgan fingerprint density at radius 3 is 1.38 bits per heavy atom. The standard InChI is InChI=1S/C29H28/c1-21-25(22-14-8-5-9-15-22)20-26(23-16-10-6-11-17-23)27(28(21)29(2,3)4)24-18-12-7-13-19-24/h5-20H,1-4H3. The van der Waals surface area contributed by atoms with E-state index in [-0.39, 0.29) is 5.41 Å². The molecule has 0 amide bonds. The molecule has 0 bridgehead atoms. The number of hydrogen-bond donors (Lipinski definition) is 0. The average molecular weight is 377 g/mol. The summed E-state index contributed by atoms with van der Waals surface area (Å²) >= 11 is 0. The monoisotopic (exact) mass is 376 g/mol. The second-order valence-electron chi connectivity index (χ2n) is 8.69. The van der Waals surface area contributed by atoms with Gasteiger partial charge in [-0.05, 0) is 62.9 Å². The maximum Gasteiger partial charge on any atom is -0.00649 e. The SMILES string of the molecule is Cc1c(-c2ccccc2)cc(-c2ccccc2)c(-c2ccccc2)c1C(C)(C)C. The van der Waals surface area contributed by atoms with Crippen LogP contribution >= 0.6 is 0 Å². The topological polar surface area (TPSA) is 0 Å². The van der Waals surface area contributed by atoms with Gasteiger partial charge in [-0.3, -0.25) is 0 Å². The summed E-state index contributed by atoms with van der Waals surface area (Å²) in [4.78, 5) is 0. The van der Waals surface area contributed by atoms with E-state index in [1.165, 1.54) is 44.5 Å². The summed E-state index contributed by atoms with van der Waals surface area (Å²) in [7, 11) is 0. The molecule has 0 saturated carbocycles. The van der Waals surface area contributed by atoms with E-state index in [2.05, 4.69) is 125 Å². The lowest BCUT2D eigenvalue weighted by atomic mass is 9.74. The van der Waals surface area contributed by atoms with Gasteiger partial charge in [0.1, 0.15) is 0 Å². The Balaban J connectivity index is 2.15. The van der Waals surface area contributed by atoms with Crippen molar-refractivity contribution in [3.63, 3.8) is 0 Å². The lowest BCUT2D eigenvalue weighted by Crippen LogP contribution is -2.16. The van der Waals surface area contributed by atoms with Crippen LogP contribution in [0.15, 0.2) is 97.1 Å². The van der Waals surface area contributed by atoms with E-state index in [1.807, 2.05) is 0 Å². The molecule has 0 heterocycles. The molecule has 0 fully saturated rings. The summed E-state index contributed by atoms with van der Waals surface area (Å²) in [6.45, 7) is 9.26. The van der Waals surface area contributed by atoms with Gasteiger partial charge in [0, 0.05) is 0 Å². The molecule has 0 aliphatic carbocycles. The molecule has 0 saturated heterocycles. The first-order valence-electron chi connectivity index (χ1n) is 10.3. The first-order chi connectivity index (χ1) is 14.0. The van der Waals surface area contributed by atoms with Gasteiger partial charge >= 0.3 is 0 Å². The Bertz CT molecular complexity index is 1100. The van der Waals surface area contributed by atoms with Crippen LogP contribution in [0.5, 0.6) is 0 Å². The van der Waals surface area contributed by atoms with E-state index < -0.39 is 0 Å². The minimum atomic E-state index is 0.0174. The van der Waals surface area contributed by atoms with Gasteiger partial charge in [-0.1, -0.05) is 112 Å². The van der Waals surface area contributed by atoms with Crippen LogP contribution < -0.4 is 0 Å². The molecule has 0 heteroatoms. The third kappa shape index (κ3) is 3.76. The summed E-state index contributed by atoms with van der Waals surface area (Å²) in [5.74, 6) is 0. The third-order valence-electron chi connectivity index (χ3n) is 5.57. The summed E-state index contributed by atoms with van der Waals surface area (Å²) in [6.07, 6.45) is 0. The molecule has 0 radical (unpaired) electrons. The molecule has 4 aromatic carbocycles. The molecular weight excluding hydrogens is 348 g/mol. The summed E-state index contributed by atoms with van der Waals surface area (Å²) in [5.41, 5.74) is 10.6. The molecule has 144 valence electrons. The molecule has 4 aromatic rings. The Morgan fingerprint density at radius 2 is 0.931 bits per heavy atom. The lowest BCUT2D eigenvalue weighted by Gasteiger charge is -2.30. The van der Waals surface area contributed by atoms with E-state index in [0.29, 0.717) is 0 Å². The van der Waals surface area contributed by atoms with Crippen molar-refractivity contribution >= 4 is 0 Å². The van der Waals surface area contributed by atoms with Crippen LogP contribution in [0.1, 0.15) is 31.9 Å². The second kappa shape index (κ2) is 7.72. The van der Waals surface area contributed by atoms with Crippen molar-refractivity contribution in [2.75, 3.05) is 0 Å². The van der Waals surface area contributed by atoms with Crippen LogP contribution in [0.3, 0.4) is 0 Å². The fourth-order valence-electron chi connectivity index (χ4n) is 4.39. The number of rotatable bonds is 3. The maximum atomic E-state index is 2.39. The average Bonchev–Trinajstić information content (AvgIpc) is 2.74. The minimum Gasteiger partial charge on any atom is -0.0622 e. The molecule has 0 spiro atoms. The maximum absolute atomic E-state index is 2.39. The lowest BCUT2D eigenvalue weighted by molar-refractivity contribution is 0.588. The van der Waals surface area contributed by atoms with Crippen LogP contribution in [-0.4, -0.2) is 0 Å². The Hall–Kier alpha value is -3.12. The van der Waals surface area contributed by atoms with Crippen molar-refractivity contribution in [3.8, 4) is 33.4 Å². The molecule has 0 aromatic heterocycles. The van der Waals surface area contributed by atoms with Gasteiger partial charge in [0.05, 0.1) is 0 Å². The molecule has 0 N–H and O–H groups in total. The van der Waals surface area contributed by atoms with Crippen LogP contribution in [0.2, 0.25) is 0 Å². The van der Waals surface area contributed by atoms with Crippen molar-refractivity contribution in [2.45, 2.75) is 33.1 Å². The molecule has 0 aliphatic heterocycles. The first-order valence-corrected chi connectivity index (χ1v) is 10.3. The van der Waals surface area contributed by atoms with Gasteiger partial charge in [0.25, 0.3) is 0 Å². The highest BCUT2D eigenvalue weighted by atomic mass is 14.3. The van der Waals surface area contributed by atoms with Gasteiger partial charge in [0.2, 0.25) is 0 Å². The van der Waals surface area contributed by atoms with Crippen molar-refractivity contribution in [1.82, 2.24) is 0 Å². The van der Waals surface area contributed by atoms with E-state index in [4.69, 9.17) is 0 Å². The summed E-state index contributed by atoms with van der Waals surface area (Å²) in [5, 5.41) is 0. The zero-order chi connectivity index (χ0) is 20.4. The third-order valence-corrected chi connectivity index (χ3v) is 5.57. The Morgan fingerprint density at radius 1 is 0.517 bits per heavy atom. The van der Waals surface area contributed by atoms with Crippen LogP contribution in [0.4, 0.5) is 0 Å². The molecule has 0 nitrogen and oxygen atoms in total. The van der Waals surface area contributed by atoms with Gasteiger partial charge in [-0.2, -0.15) is 0 Å². The highest BCUT2D eigenvalue weighted by molar-refractivity contribution is 5.91. The van der Waals surface area contributed by atoms with E-state index in [0.717, 1.165) is 0 Å². The fourth-order valence-corrected chi connectivity index (χ4v) is 4.39. The smallest absolute Gasteiger partial charge is 0.00649 e. The first kappa shape index (κ1) is 19.2. The molecule has 29 heavy (non-hydrogen) atoms. The Kier molecular flexibility index (Phi) is 5.11. The zero-order valence-corrected chi connectivity index (χ0v) is 17.7. The normalized spacial score (nSPS) is 11.4. The molecule has 0 atom stereocenters. The van der Waals surface area contributed by atoms with E-state index >= 15 is 0 Å². The number of benzene rings is 4. The van der Waals surface area contributed by atoms with Crippen LogP contribution in [0, 0.1) is 6.92 Å². The Labute approximate surface area is 174 Å². The predicted octanol–water partition coefficient (Wildman–Crippen LogP) is 8.29. The second-order valence-corrected chi connectivity index (χ2v) is 8.69. The van der Waals surface area contributed by atoms with Gasteiger partial charge in [-0.25, -0.2) is 0 Å². The van der Waals surface area contributed by atoms with Crippen molar-refractivity contribution in [2.24, 2.45) is 0 Å². The van der Waals surface area contributed by atoms with Gasteiger partial charge in [0.15, 0.2) is 0 Å². The molecular formula is C29H28. The predicted molar refractivity (Wildman–Crippen MR) is 126 cm³/mol. The fraction of sp³-hybridized carbons (Fsp3) is 0.172. The summed E-state index contributed by atoms with van der Waals surface area (Å²) < 4.78 is 0. The van der Waals surface area contributed by atoms with E-state index in [1.54, 1.807) is 0 Å². The van der Waals surface area contributed by atoms with Crippen molar-refractivity contribution < 1.29 is 0 Å². The highest BCUT2D eigenvalue weighted by Crippen LogP contribution is 2.45. The molecule has 0 unspecified atom stereocenters. The minimum absolute atomic E-state index is 0.0174. The highest BCUT2D eigenvalue weighted by Gasteiger charge is 2.26. The van der Waals surface area contributed by atoms with Crippen molar-refractivity contribution in [1.29, 1.82) is 0 Å². The summed E-state index contributed by atoms with van der Waals surface area (Å²) in [6, 6.07) is 34.8. The largest absolute Gasteiger partial charge is 0.0622 e. The van der Waals surface area contributed by atoms with Gasteiger partial charge in [-0.15, -0.1) is 0 Å². The zero-order valence-electron chi connectivity index (χ0n) is 17.7. The quantitative estimate of drug-likeness (QED) is 0.337. The van der Waals surface area contributed by atoms with Crippen LogP contribution in [0.25, 0.3) is 33.4 Å². The number of hydrogen-bond acceptors (Lipinski definition) is 0. The van der Waals surface area contributed by atoms with Crippen molar-refractivity contribution in [3.05, 3.63) is 108 Å². The van der Waals surface area contributed by atoms with Crippen LogP contribution in [-0.2, 0) is 5.41 Å². The molecule has 0 aliphatic rings.